The number of halogens is 1. The van der Waals surface area contributed by atoms with Crippen molar-refractivity contribution in [2.75, 3.05) is 12.4 Å². The number of anilines is 1. The summed E-state index contributed by atoms with van der Waals surface area (Å²) in [7, 11) is 1.87. The second-order valence-corrected chi connectivity index (χ2v) is 4.08. The molecule has 76 valence electrons. The van der Waals surface area contributed by atoms with Gasteiger partial charge in [-0.1, -0.05) is 34.1 Å². The Bertz CT molecular complexity index is 469. The number of rotatable bonds is 2. The number of hydrogen-bond donors (Lipinski definition) is 1. The standard InChI is InChI=1S/C12H11BrN2/c1-14-12-7-3-6-11(15-12)9-4-2-5-10(13)8-9/h2-8H,1H3,(H,14,15). The molecule has 3 heteroatoms. The molecule has 0 fully saturated rings. The lowest BCUT2D eigenvalue weighted by molar-refractivity contribution is 1.29. The minimum absolute atomic E-state index is 0.882. The fraction of sp³-hybridized carbons (Fsp3) is 0.0833. The Kier molecular flexibility index (Phi) is 3.02. The average molecular weight is 263 g/mol. The number of hydrogen-bond acceptors (Lipinski definition) is 2. The zero-order valence-corrected chi connectivity index (χ0v) is 9.95. The zero-order valence-electron chi connectivity index (χ0n) is 8.37. The Morgan fingerprint density at radius 2 is 1.93 bits per heavy atom. The fourth-order valence-corrected chi connectivity index (χ4v) is 1.78. The van der Waals surface area contributed by atoms with Crippen LogP contribution in [0.3, 0.4) is 0 Å². The van der Waals surface area contributed by atoms with Crippen LogP contribution in [0, 0.1) is 0 Å². The number of nitrogens with one attached hydrogen (secondary N) is 1. The van der Waals surface area contributed by atoms with Crippen molar-refractivity contribution in [1.82, 2.24) is 4.98 Å². The molecule has 1 aromatic heterocycles. The first-order chi connectivity index (χ1) is 7.29. The van der Waals surface area contributed by atoms with Gasteiger partial charge in [0.25, 0.3) is 0 Å². The van der Waals surface area contributed by atoms with Crippen LogP contribution in [0.15, 0.2) is 46.9 Å². The molecule has 0 aliphatic carbocycles. The summed E-state index contributed by atoms with van der Waals surface area (Å²) in [5, 5.41) is 3.03. The van der Waals surface area contributed by atoms with Crippen LogP contribution in [0.25, 0.3) is 11.3 Å². The highest BCUT2D eigenvalue weighted by Crippen LogP contribution is 2.22. The van der Waals surface area contributed by atoms with Gasteiger partial charge in [0, 0.05) is 17.1 Å². The number of pyridine rings is 1. The molecule has 0 radical (unpaired) electrons. The third-order valence-electron chi connectivity index (χ3n) is 2.13. The van der Waals surface area contributed by atoms with Crippen molar-refractivity contribution in [3.8, 4) is 11.3 Å². The lowest BCUT2D eigenvalue weighted by atomic mass is 10.1. The third-order valence-corrected chi connectivity index (χ3v) is 2.62. The second kappa shape index (κ2) is 4.45. The summed E-state index contributed by atoms with van der Waals surface area (Å²) in [5.74, 6) is 0.882. The summed E-state index contributed by atoms with van der Waals surface area (Å²) in [6, 6.07) is 14.1. The van der Waals surface area contributed by atoms with Gasteiger partial charge in [0.05, 0.1) is 5.69 Å². The van der Waals surface area contributed by atoms with E-state index in [-0.39, 0.29) is 0 Å². The molecule has 2 aromatic rings. The van der Waals surface area contributed by atoms with E-state index < -0.39 is 0 Å². The predicted octanol–water partition coefficient (Wildman–Crippen LogP) is 3.55. The van der Waals surface area contributed by atoms with Crippen molar-refractivity contribution >= 4 is 21.7 Å². The molecule has 1 aromatic carbocycles. The van der Waals surface area contributed by atoms with Gasteiger partial charge >= 0.3 is 0 Å². The molecule has 0 spiro atoms. The lowest BCUT2D eigenvalue weighted by Crippen LogP contribution is -1.92. The van der Waals surface area contributed by atoms with Crippen LogP contribution in [0.5, 0.6) is 0 Å². The zero-order chi connectivity index (χ0) is 10.7. The summed E-state index contributed by atoms with van der Waals surface area (Å²) in [6.07, 6.45) is 0. The molecule has 0 saturated carbocycles. The van der Waals surface area contributed by atoms with Crippen molar-refractivity contribution < 1.29 is 0 Å². The predicted molar refractivity (Wildman–Crippen MR) is 66.9 cm³/mol. The maximum Gasteiger partial charge on any atom is 0.126 e. The van der Waals surface area contributed by atoms with E-state index in [2.05, 4.69) is 32.3 Å². The summed E-state index contributed by atoms with van der Waals surface area (Å²) < 4.78 is 1.07. The Labute approximate surface area is 97.5 Å². The normalized spacial score (nSPS) is 10.0. The van der Waals surface area contributed by atoms with Crippen molar-refractivity contribution in [2.45, 2.75) is 0 Å². The molecule has 2 rings (SSSR count). The van der Waals surface area contributed by atoms with Crippen LogP contribution in [0.4, 0.5) is 5.82 Å². The number of benzene rings is 1. The van der Waals surface area contributed by atoms with E-state index >= 15 is 0 Å². The van der Waals surface area contributed by atoms with Gasteiger partial charge in [-0.3, -0.25) is 0 Å². The maximum absolute atomic E-state index is 4.47. The highest BCUT2D eigenvalue weighted by molar-refractivity contribution is 9.10. The van der Waals surface area contributed by atoms with Gasteiger partial charge in [-0.15, -0.1) is 0 Å². The van der Waals surface area contributed by atoms with Gasteiger partial charge in [-0.05, 0) is 24.3 Å². The molecule has 1 N–H and O–H groups in total. The SMILES string of the molecule is CNc1cccc(-c2cccc(Br)c2)n1. The van der Waals surface area contributed by atoms with Crippen molar-refractivity contribution in [2.24, 2.45) is 0 Å². The smallest absolute Gasteiger partial charge is 0.126 e. The van der Waals surface area contributed by atoms with Gasteiger partial charge in [-0.2, -0.15) is 0 Å². The van der Waals surface area contributed by atoms with Crippen LogP contribution >= 0.6 is 15.9 Å². The van der Waals surface area contributed by atoms with Crippen molar-refractivity contribution in [3.05, 3.63) is 46.9 Å². The largest absolute Gasteiger partial charge is 0.373 e. The second-order valence-electron chi connectivity index (χ2n) is 3.17. The Morgan fingerprint density at radius 1 is 1.13 bits per heavy atom. The van der Waals surface area contributed by atoms with Crippen molar-refractivity contribution in [3.63, 3.8) is 0 Å². The maximum atomic E-state index is 4.47. The minimum atomic E-state index is 0.882. The Morgan fingerprint density at radius 3 is 2.67 bits per heavy atom. The highest BCUT2D eigenvalue weighted by Gasteiger charge is 2.00. The molecule has 0 bridgehead atoms. The average Bonchev–Trinajstić information content (AvgIpc) is 2.29. The van der Waals surface area contributed by atoms with E-state index in [9.17, 15) is 0 Å². The number of nitrogens with zero attached hydrogens (tertiary/aromatic N) is 1. The topological polar surface area (TPSA) is 24.9 Å². The fourth-order valence-electron chi connectivity index (χ4n) is 1.38. The van der Waals surface area contributed by atoms with E-state index in [0.29, 0.717) is 0 Å². The van der Waals surface area contributed by atoms with E-state index in [1.165, 1.54) is 0 Å². The monoisotopic (exact) mass is 262 g/mol. The van der Waals surface area contributed by atoms with E-state index in [1.54, 1.807) is 0 Å². The van der Waals surface area contributed by atoms with Crippen LogP contribution in [-0.2, 0) is 0 Å². The molecule has 0 aliphatic heterocycles. The molecule has 0 unspecified atom stereocenters. The lowest BCUT2D eigenvalue weighted by Gasteiger charge is -2.04. The van der Waals surface area contributed by atoms with Gasteiger partial charge < -0.3 is 5.32 Å². The van der Waals surface area contributed by atoms with E-state index in [0.717, 1.165) is 21.5 Å². The first-order valence-corrected chi connectivity index (χ1v) is 5.49. The third kappa shape index (κ3) is 2.36. The molecule has 0 aliphatic rings. The van der Waals surface area contributed by atoms with Gasteiger partial charge in [0.15, 0.2) is 0 Å². The first kappa shape index (κ1) is 10.2. The van der Waals surface area contributed by atoms with E-state index in [4.69, 9.17) is 0 Å². The van der Waals surface area contributed by atoms with Crippen LogP contribution < -0.4 is 5.32 Å². The first-order valence-electron chi connectivity index (χ1n) is 4.70. The van der Waals surface area contributed by atoms with Crippen LogP contribution in [0.1, 0.15) is 0 Å². The molecule has 15 heavy (non-hydrogen) atoms. The summed E-state index contributed by atoms with van der Waals surface area (Å²) in [4.78, 5) is 4.47. The molecule has 0 amide bonds. The molecule has 0 atom stereocenters. The molecule has 0 saturated heterocycles. The highest BCUT2D eigenvalue weighted by atomic mass is 79.9. The quantitative estimate of drug-likeness (QED) is 0.896. The molecule has 2 nitrogen and oxygen atoms in total. The summed E-state index contributed by atoms with van der Waals surface area (Å²) >= 11 is 3.45. The van der Waals surface area contributed by atoms with Crippen LogP contribution in [-0.4, -0.2) is 12.0 Å². The molecular formula is C12H11BrN2. The Hall–Kier alpha value is -1.35. The van der Waals surface area contributed by atoms with Gasteiger partial charge in [-0.25, -0.2) is 4.98 Å². The Balaban J connectivity index is 2.44. The van der Waals surface area contributed by atoms with E-state index in [1.807, 2.05) is 43.4 Å². The summed E-state index contributed by atoms with van der Waals surface area (Å²) in [5.41, 5.74) is 2.09. The number of aromatic nitrogens is 1. The molecular weight excluding hydrogens is 252 g/mol. The van der Waals surface area contributed by atoms with Crippen molar-refractivity contribution in [1.29, 1.82) is 0 Å². The molecule has 1 heterocycles. The van der Waals surface area contributed by atoms with Crippen LogP contribution in [0.2, 0.25) is 0 Å². The minimum Gasteiger partial charge on any atom is -0.373 e. The van der Waals surface area contributed by atoms with Gasteiger partial charge in [0.1, 0.15) is 5.82 Å². The summed E-state index contributed by atoms with van der Waals surface area (Å²) in [6.45, 7) is 0. The van der Waals surface area contributed by atoms with Gasteiger partial charge in [0.2, 0.25) is 0 Å².